The number of nitrogens with zero attached hydrogens (tertiary/aromatic N) is 1. The third-order valence-electron chi connectivity index (χ3n) is 3.56. The second-order valence-electron chi connectivity index (χ2n) is 5.32. The maximum atomic E-state index is 12.4. The van der Waals surface area contributed by atoms with Crippen molar-refractivity contribution in [3.8, 4) is 0 Å². The zero-order chi connectivity index (χ0) is 17.2. The van der Waals surface area contributed by atoms with E-state index in [0.29, 0.717) is 12.1 Å². The standard InChI is InChI=1S/C16H15N3O4S/c20-16(21)8-3-11-1-6-14(7-2-11)24(22,23)19-13-5-4-12-10-17-18-15(12)9-13/h1-2,4-7,9-10,19H,3,8H2,(H,17,18)(H,20,21). The van der Waals surface area contributed by atoms with Crippen LogP contribution in [0.15, 0.2) is 53.6 Å². The third kappa shape index (κ3) is 3.54. The predicted octanol–water partition coefficient (Wildman–Crippen LogP) is 2.38. The Morgan fingerprint density at radius 2 is 1.92 bits per heavy atom. The van der Waals surface area contributed by atoms with E-state index in [4.69, 9.17) is 5.11 Å². The van der Waals surface area contributed by atoms with Gasteiger partial charge in [-0.05, 0) is 42.3 Å². The fourth-order valence-electron chi connectivity index (χ4n) is 2.30. The van der Waals surface area contributed by atoms with Gasteiger partial charge in [-0.25, -0.2) is 8.42 Å². The van der Waals surface area contributed by atoms with Gasteiger partial charge in [-0.1, -0.05) is 12.1 Å². The fraction of sp³-hybridized carbons (Fsp3) is 0.125. The average Bonchev–Trinajstić information content (AvgIpc) is 3.00. The number of aromatic nitrogens is 2. The molecule has 124 valence electrons. The van der Waals surface area contributed by atoms with Gasteiger partial charge in [-0.3, -0.25) is 14.6 Å². The molecule has 0 unspecified atom stereocenters. The van der Waals surface area contributed by atoms with Gasteiger partial charge in [0, 0.05) is 11.8 Å². The van der Waals surface area contributed by atoms with E-state index < -0.39 is 16.0 Å². The maximum Gasteiger partial charge on any atom is 0.303 e. The summed E-state index contributed by atoms with van der Waals surface area (Å²) in [6.45, 7) is 0. The molecular weight excluding hydrogens is 330 g/mol. The number of sulfonamides is 1. The van der Waals surface area contributed by atoms with Crippen LogP contribution in [0.1, 0.15) is 12.0 Å². The summed E-state index contributed by atoms with van der Waals surface area (Å²) in [6, 6.07) is 11.3. The number of aliphatic carboxylic acids is 1. The fourth-order valence-corrected chi connectivity index (χ4v) is 3.35. The molecule has 7 nitrogen and oxygen atoms in total. The predicted molar refractivity (Wildman–Crippen MR) is 89.3 cm³/mol. The molecule has 2 aromatic carbocycles. The molecular formula is C16H15N3O4S. The van der Waals surface area contributed by atoms with Gasteiger partial charge in [-0.2, -0.15) is 5.10 Å². The van der Waals surface area contributed by atoms with Gasteiger partial charge in [-0.15, -0.1) is 0 Å². The number of aromatic amines is 1. The smallest absolute Gasteiger partial charge is 0.303 e. The van der Waals surface area contributed by atoms with E-state index in [2.05, 4.69) is 14.9 Å². The minimum atomic E-state index is -3.71. The summed E-state index contributed by atoms with van der Waals surface area (Å²) < 4.78 is 27.4. The second-order valence-corrected chi connectivity index (χ2v) is 7.00. The first-order valence-electron chi connectivity index (χ1n) is 7.21. The molecule has 3 rings (SSSR count). The van der Waals surface area contributed by atoms with Crippen molar-refractivity contribution < 1.29 is 18.3 Å². The highest BCUT2D eigenvalue weighted by molar-refractivity contribution is 7.92. The summed E-state index contributed by atoms with van der Waals surface area (Å²) in [4.78, 5) is 10.7. The minimum Gasteiger partial charge on any atom is -0.481 e. The molecule has 1 aromatic heterocycles. The molecule has 0 saturated carbocycles. The first-order chi connectivity index (χ1) is 11.4. The molecule has 0 aliphatic heterocycles. The first kappa shape index (κ1) is 16.0. The number of anilines is 1. The molecule has 0 spiro atoms. The summed E-state index contributed by atoms with van der Waals surface area (Å²) in [5.74, 6) is -0.887. The van der Waals surface area contributed by atoms with E-state index in [1.165, 1.54) is 12.1 Å². The molecule has 3 aromatic rings. The number of aryl methyl sites for hydroxylation is 1. The number of nitrogens with one attached hydrogen (secondary N) is 2. The van der Waals surface area contributed by atoms with E-state index in [-0.39, 0.29) is 11.3 Å². The van der Waals surface area contributed by atoms with Gasteiger partial charge in [0.2, 0.25) is 0 Å². The molecule has 0 radical (unpaired) electrons. The van der Waals surface area contributed by atoms with Crippen LogP contribution in [0, 0.1) is 0 Å². The molecule has 0 atom stereocenters. The van der Waals surface area contributed by atoms with Crippen molar-refractivity contribution >= 4 is 32.6 Å². The Hall–Kier alpha value is -2.87. The van der Waals surface area contributed by atoms with E-state index in [1.807, 2.05) is 0 Å². The molecule has 0 saturated heterocycles. The summed E-state index contributed by atoms with van der Waals surface area (Å²) in [7, 11) is -3.71. The van der Waals surface area contributed by atoms with Crippen molar-refractivity contribution in [3.63, 3.8) is 0 Å². The van der Waals surface area contributed by atoms with Crippen LogP contribution in [0.2, 0.25) is 0 Å². The zero-order valence-electron chi connectivity index (χ0n) is 12.6. The van der Waals surface area contributed by atoms with Crippen LogP contribution in [0.25, 0.3) is 10.9 Å². The monoisotopic (exact) mass is 345 g/mol. The van der Waals surface area contributed by atoms with Crippen LogP contribution in [-0.4, -0.2) is 29.7 Å². The lowest BCUT2D eigenvalue weighted by atomic mass is 10.1. The number of hydrogen-bond acceptors (Lipinski definition) is 4. The summed E-state index contributed by atoms with van der Waals surface area (Å²) in [5.41, 5.74) is 1.94. The highest BCUT2D eigenvalue weighted by Crippen LogP contribution is 2.20. The van der Waals surface area contributed by atoms with Gasteiger partial charge in [0.25, 0.3) is 10.0 Å². The number of carboxylic acids is 1. The molecule has 1 heterocycles. The van der Waals surface area contributed by atoms with E-state index in [9.17, 15) is 13.2 Å². The summed E-state index contributed by atoms with van der Waals surface area (Å²) in [5, 5.41) is 16.2. The highest BCUT2D eigenvalue weighted by atomic mass is 32.2. The largest absolute Gasteiger partial charge is 0.481 e. The Kier molecular flexibility index (Phi) is 4.22. The van der Waals surface area contributed by atoms with Gasteiger partial charge >= 0.3 is 5.97 Å². The van der Waals surface area contributed by atoms with Crippen LogP contribution in [0.5, 0.6) is 0 Å². The molecule has 0 fully saturated rings. The molecule has 0 aliphatic carbocycles. The Morgan fingerprint density at radius 3 is 2.62 bits per heavy atom. The number of fused-ring (bicyclic) bond motifs is 1. The quantitative estimate of drug-likeness (QED) is 0.635. The first-order valence-corrected chi connectivity index (χ1v) is 8.69. The maximum absolute atomic E-state index is 12.4. The molecule has 0 aliphatic rings. The van der Waals surface area contributed by atoms with Crippen LogP contribution in [-0.2, 0) is 21.2 Å². The van der Waals surface area contributed by atoms with Gasteiger partial charge < -0.3 is 5.11 Å². The number of rotatable bonds is 6. The van der Waals surface area contributed by atoms with Crippen molar-refractivity contribution in [2.75, 3.05) is 4.72 Å². The number of H-pyrrole nitrogens is 1. The number of carbonyl (C=O) groups is 1. The van der Waals surface area contributed by atoms with Crippen LogP contribution in [0.4, 0.5) is 5.69 Å². The van der Waals surface area contributed by atoms with Crippen molar-refractivity contribution in [2.45, 2.75) is 17.7 Å². The number of benzene rings is 2. The van der Waals surface area contributed by atoms with Crippen LogP contribution < -0.4 is 4.72 Å². The highest BCUT2D eigenvalue weighted by Gasteiger charge is 2.14. The topological polar surface area (TPSA) is 112 Å². The van der Waals surface area contributed by atoms with Gasteiger partial charge in [0.15, 0.2) is 0 Å². The Morgan fingerprint density at radius 1 is 1.17 bits per heavy atom. The third-order valence-corrected chi connectivity index (χ3v) is 4.95. The number of hydrogen-bond donors (Lipinski definition) is 3. The Bertz CT molecular complexity index is 978. The minimum absolute atomic E-state index is 0.00848. The van der Waals surface area contributed by atoms with Crippen molar-refractivity contribution in [1.29, 1.82) is 0 Å². The van der Waals surface area contributed by atoms with Crippen LogP contribution >= 0.6 is 0 Å². The van der Waals surface area contributed by atoms with E-state index in [1.54, 1.807) is 36.5 Å². The van der Waals surface area contributed by atoms with Crippen molar-refractivity contribution in [3.05, 3.63) is 54.2 Å². The SMILES string of the molecule is O=C(O)CCc1ccc(S(=O)(=O)Nc2ccc3cn[nH]c3c2)cc1. The molecule has 3 N–H and O–H groups in total. The molecule has 0 bridgehead atoms. The summed E-state index contributed by atoms with van der Waals surface area (Å²) >= 11 is 0. The zero-order valence-corrected chi connectivity index (χ0v) is 13.4. The van der Waals surface area contributed by atoms with E-state index in [0.717, 1.165) is 16.5 Å². The van der Waals surface area contributed by atoms with Crippen molar-refractivity contribution in [2.24, 2.45) is 0 Å². The molecule has 24 heavy (non-hydrogen) atoms. The Balaban J connectivity index is 1.78. The van der Waals surface area contributed by atoms with Crippen LogP contribution in [0.3, 0.4) is 0 Å². The van der Waals surface area contributed by atoms with Gasteiger partial charge in [0.1, 0.15) is 0 Å². The van der Waals surface area contributed by atoms with Gasteiger partial charge in [0.05, 0.1) is 22.3 Å². The Labute approximate surface area is 138 Å². The number of carboxylic acid groups (broad SMARTS) is 1. The lowest BCUT2D eigenvalue weighted by molar-refractivity contribution is -0.136. The van der Waals surface area contributed by atoms with Crippen molar-refractivity contribution in [1.82, 2.24) is 10.2 Å². The second kappa shape index (κ2) is 6.32. The summed E-state index contributed by atoms with van der Waals surface area (Å²) in [6.07, 6.45) is 2.03. The van der Waals surface area contributed by atoms with E-state index >= 15 is 0 Å². The molecule has 0 amide bonds. The average molecular weight is 345 g/mol. The normalized spacial score (nSPS) is 11.5. The lowest BCUT2D eigenvalue weighted by Crippen LogP contribution is -2.13. The lowest BCUT2D eigenvalue weighted by Gasteiger charge is -2.09. The molecule has 8 heteroatoms.